The summed E-state index contributed by atoms with van der Waals surface area (Å²) in [5.41, 5.74) is 0.698. The number of carbonyl (C=O) groups is 1. The largest absolute Gasteiger partial charge is 0.351 e. The lowest BCUT2D eigenvalue weighted by Gasteiger charge is -2.34. The number of hydrogen-bond donors (Lipinski definition) is 1. The van der Waals surface area contributed by atoms with Gasteiger partial charge in [0.05, 0.1) is 5.41 Å². The molecule has 4 rings (SSSR count). The Morgan fingerprint density at radius 1 is 1.20 bits per heavy atom. The second-order valence-electron chi connectivity index (χ2n) is 6.90. The fourth-order valence-electron chi connectivity index (χ4n) is 3.60. The van der Waals surface area contributed by atoms with E-state index in [1.54, 1.807) is 12.4 Å². The molecule has 130 valence electrons. The van der Waals surface area contributed by atoms with Crippen LogP contribution in [0, 0.1) is 0 Å². The van der Waals surface area contributed by atoms with Crippen molar-refractivity contribution in [2.75, 3.05) is 18.0 Å². The van der Waals surface area contributed by atoms with Crippen LogP contribution in [0.15, 0.2) is 42.7 Å². The molecule has 25 heavy (non-hydrogen) atoms. The first-order valence-corrected chi connectivity index (χ1v) is 9.14. The predicted molar refractivity (Wildman–Crippen MR) is 97.8 cm³/mol. The molecule has 2 aromatic rings. The quantitative estimate of drug-likeness (QED) is 0.915. The van der Waals surface area contributed by atoms with E-state index in [4.69, 9.17) is 11.6 Å². The third-order valence-electron chi connectivity index (χ3n) is 5.17. The molecule has 1 aliphatic heterocycles. The molecule has 1 atom stereocenters. The van der Waals surface area contributed by atoms with Gasteiger partial charge >= 0.3 is 0 Å². The minimum absolute atomic E-state index is 0.134. The van der Waals surface area contributed by atoms with Crippen molar-refractivity contribution < 1.29 is 4.79 Å². The summed E-state index contributed by atoms with van der Waals surface area (Å²) >= 11 is 5.97. The molecular weight excluding hydrogens is 336 g/mol. The number of carbonyl (C=O) groups excluding carboxylic acids is 1. The van der Waals surface area contributed by atoms with E-state index in [9.17, 15) is 4.79 Å². The van der Waals surface area contributed by atoms with Gasteiger partial charge in [-0.3, -0.25) is 4.79 Å². The highest BCUT2D eigenvalue weighted by Gasteiger charge is 2.51. The second-order valence-corrected chi connectivity index (χ2v) is 7.33. The van der Waals surface area contributed by atoms with Crippen LogP contribution < -0.4 is 10.2 Å². The molecule has 2 fully saturated rings. The Labute approximate surface area is 152 Å². The number of piperidine rings is 1. The van der Waals surface area contributed by atoms with Crippen molar-refractivity contribution in [2.24, 2.45) is 0 Å². The summed E-state index contributed by atoms with van der Waals surface area (Å²) in [4.78, 5) is 23.7. The summed E-state index contributed by atoms with van der Waals surface area (Å²) < 4.78 is 0. The van der Waals surface area contributed by atoms with Crippen LogP contribution in [0.3, 0.4) is 0 Å². The van der Waals surface area contributed by atoms with Gasteiger partial charge in [-0.15, -0.1) is 0 Å². The molecule has 1 aromatic carbocycles. The van der Waals surface area contributed by atoms with Crippen LogP contribution in [-0.2, 0) is 10.2 Å². The Balaban J connectivity index is 1.43. The van der Waals surface area contributed by atoms with Crippen LogP contribution in [0.25, 0.3) is 0 Å². The first-order valence-electron chi connectivity index (χ1n) is 8.76. The number of nitrogens with zero attached hydrogens (tertiary/aromatic N) is 3. The van der Waals surface area contributed by atoms with Crippen molar-refractivity contribution in [1.29, 1.82) is 0 Å². The second kappa shape index (κ2) is 6.64. The van der Waals surface area contributed by atoms with Gasteiger partial charge in [0.2, 0.25) is 11.9 Å². The maximum atomic E-state index is 12.9. The highest BCUT2D eigenvalue weighted by atomic mass is 35.5. The number of amides is 1. The summed E-state index contributed by atoms with van der Waals surface area (Å²) in [6.07, 6.45) is 7.33. The fraction of sp³-hybridized carbons (Fsp3) is 0.421. The van der Waals surface area contributed by atoms with Gasteiger partial charge < -0.3 is 10.2 Å². The van der Waals surface area contributed by atoms with Crippen molar-refractivity contribution in [3.8, 4) is 0 Å². The van der Waals surface area contributed by atoms with E-state index in [-0.39, 0.29) is 17.4 Å². The number of benzene rings is 1. The molecule has 1 aliphatic carbocycles. The maximum absolute atomic E-state index is 12.9. The Morgan fingerprint density at radius 2 is 1.92 bits per heavy atom. The van der Waals surface area contributed by atoms with Gasteiger partial charge in [0.15, 0.2) is 0 Å². The lowest BCUT2D eigenvalue weighted by atomic mass is 9.94. The number of rotatable bonds is 4. The molecule has 5 nitrogen and oxygen atoms in total. The molecule has 1 saturated heterocycles. The minimum Gasteiger partial charge on any atom is -0.351 e. The van der Waals surface area contributed by atoms with Crippen molar-refractivity contribution in [2.45, 2.75) is 37.1 Å². The van der Waals surface area contributed by atoms with Gasteiger partial charge in [-0.05, 0) is 49.4 Å². The smallest absolute Gasteiger partial charge is 0.230 e. The van der Waals surface area contributed by atoms with E-state index in [1.165, 1.54) is 0 Å². The number of hydrogen-bond acceptors (Lipinski definition) is 4. The molecule has 1 aromatic heterocycles. The van der Waals surface area contributed by atoms with Gasteiger partial charge in [-0.25, -0.2) is 9.97 Å². The summed E-state index contributed by atoms with van der Waals surface area (Å²) in [7, 11) is 0. The highest BCUT2D eigenvalue weighted by molar-refractivity contribution is 6.30. The zero-order valence-corrected chi connectivity index (χ0v) is 14.7. The predicted octanol–water partition coefficient (Wildman–Crippen LogP) is 2.95. The summed E-state index contributed by atoms with van der Waals surface area (Å²) in [5.74, 6) is 0.871. The minimum atomic E-state index is -0.365. The standard InChI is InChI=1S/C19H21ClN4O/c20-15-6-4-14(5-7-15)19(8-9-19)17(25)23-16-3-1-12-24(13-16)18-21-10-2-11-22-18/h2,4-7,10-11,16H,1,3,8-9,12-13H2,(H,23,25). The van der Waals surface area contributed by atoms with Crippen LogP contribution in [0.5, 0.6) is 0 Å². The summed E-state index contributed by atoms with van der Waals surface area (Å²) in [6, 6.07) is 9.61. The summed E-state index contributed by atoms with van der Waals surface area (Å²) in [5, 5.41) is 3.97. The topological polar surface area (TPSA) is 58.1 Å². The molecule has 2 heterocycles. The molecule has 1 saturated carbocycles. The fourth-order valence-corrected chi connectivity index (χ4v) is 3.72. The van der Waals surface area contributed by atoms with Gasteiger partial charge in [0.25, 0.3) is 0 Å². The van der Waals surface area contributed by atoms with Gasteiger partial charge in [0.1, 0.15) is 0 Å². The van der Waals surface area contributed by atoms with Gasteiger partial charge in [0, 0.05) is 36.5 Å². The zero-order valence-electron chi connectivity index (χ0n) is 14.0. The number of halogens is 1. The van der Waals surface area contributed by atoms with Crippen molar-refractivity contribution in [3.05, 3.63) is 53.3 Å². The summed E-state index contributed by atoms with van der Waals surface area (Å²) in [6.45, 7) is 1.69. The number of nitrogens with one attached hydrogen (secondary N) is 1. The van der Waals surface area contributed by atoms with Gasteiger partial charge in [-0.1, -0.05) is 23.7 Å². The molecule has 0 bridgehead atoms. The van der Waals surface area contributed by atoms with E-state index in [1.807, 2.05) is 30.3 Å². The molecule has 6 heteroatoms. The van der Waals surface area contributed by atoms with E-state index in [0.29, 0.717) is 5.02 Å². The normalized spacial score (nSPS) is 21.6. The average Bonchev–Trinajstić information content (AvgIpc) is 3.45. The molecule has 1 N–H and O–H groups in total. The monoisotopic (exact) mass is 356 g/mol. The molecule has 0 radical (unpaired) electrons. The Hall–Kier alpha value is -2.14. The van der Waals surface area contributed by atoms with E-state index >= 15 is 0 Å². The maximum Gasteiger partial charge on any atom is 0.230 e. The third-order valence-corrected chi connectivity index (χ3v) is 5.43. The van der Waals surface area contributed by atoms with E-state index < -0.39 is 0 Å². The molecule has 1 unspecified atom stereocenters. The SMILES string of the molecule is O=C(NC1CCCN(c2ncccn2)C1)C1(c2ccc(Cl)cc2)CC1. The lowest BCUT2D eigenvalue weighted by Crippen LogP contribution is -2.50. The first-order chi connectivity index (χ1) is 12.2. The number of anilines is 1. The first kappa shape index (κ1) is 16.3. The van der Waals surface area contributed by atoms with Crippen molar-refractivity contribution >= 4 is 23.5 Å². The Bertz CT molecular complexity index is 746. The molecule has 0 spiro atoms. The van der Waals surface area contributed by atoms with Crippen LogP contribution in [0.4, 0.5) is 5.95 Å². The highest BCUT2D eigenvalue weighted by Crippen LogP contribution is 2.48. The third kappa shape index (κ3) is 3.33. The van der Waals surface area contributed by atoms with E-state index in [0.717, 1.165) is 50.3 Å². The van der Waals surface area contributed by atoms with Crippen LogP contribution in [-0.4, -0.2) is 35.0 Å². The average molecular weight is 357 g/mol. The van der Waals surface area contributed by atoms with Crippen LogP contribution in [0.1, 0.15) is 31.2 Å². The number of aromatic nitrogens is 2. The molecule has 2 aliphatic rings. The lowest BCUT2D eigenvalue weighted by molar-refractivity contribution is -0.124. The Kier molecular flexibility index (Phi) is 4.34. The zero-order chi connectivity index (χ0) is 17.3. The molecule has 1 amide bonds. The van der Waals surface area contributed by atoms with Crippen LogP contribution in [0.2, 0.25) is 5.02 Å². The van der Waals surface area contributed by atoms with E-state index in [2.05, 4.69) is 20.2 Å². The van der Waals surface area contributed by atoms with Crippen LogP contribution >= 0.6 is 11.6 Å². The molecular formula is C19H21ClN4O. The Morgan fingerprint density at radius 3 is 2.60 bits per heavy atom. The van der Waals surface area contributed by atoms with Crippen molar-refractivity contribution in [1.82, 2.24) is 15.3 Å². The van der Waals surface area contributed by atoms with Crippen molar-refractivity contribution in [3.63, 3.8) is 0 Å². The van der Waals surface area contributed by atoms with Gasteiger partial charge in [-0.2, -0.15) is 0 Å².